The summed E-state index contributed by atoms with van der Waals surface area (Å²) in [7, 11) is 0. The molecule has 0 radical (unpaired) electrons. The van der Waals surface area contributed by atoms with Gasteiger partial charge in [-0.15, -0.1) is 17.9 Å². The largest absolute Gasteiger partial charge is 0.140 e. The Kier molecular flexibility index (Phi) is 2.19. The van der Waals surface area contributed by atoms with Gasteiger partial charge in [-0.25, -0.2) is 0 Å². The Hall–Kier alpha value is -1.08. The van der Waals surface area contributed by atoms with Crippen molar-refractivity contribution >= 4 is 21.4 Å². The van der Waals surface area contributed by atoms with Crippen LogP contribution in [0.15, 0.2) is 36.9 Å². The zero-order valence-electron chi connectivity index (χ0n) is 7.71. The Morgan fingerprint density at radius 1 is 1.38 bits per heavy atom. The van der Waals surface area contributed by atoms with Crippen molar-refractivity contribution in [3.63, 3.8) is 0 Å². The van der Waals surface area contributed by atoms with Crippen LogP contribution >= 0.6 is 11.3 Å². The zero-order valence-corrected chi connectivity index (χ0v) is 8.53. The van der Waals surface area contributed by atoms with Crippen LogP contribution in [0.1, 0.15) is 10.4 Å². The van der Waals surface area contributed by atoms with E-state index in [1.54, 1.807) is 0 Å². The maximum absolute atomic E-state index is 3.75. The van der Waals surface area contributed by atoms with E-state index < -0.39 is 0 Å². The summed E-state index contributed by atoms with van der Waals surface area (Å²) < 4.78 is 1.39. The first-order chi connectivity index (χ1) is 6.29. The Morgan fingerprint density at radius 2 is 2.23 bits per heavy atom. The summed E-state index contributed by atoms with van der Waals surface area (Å²) in [5.41, 5.74) is 1.33. The van der Waals surface area contributed by atoms with Gasteiger partial charge >= 0.3 is 0 Å². The van der Waals surface area contributed by atoms with Crippen LogP contribution in [0.25, 0.3) is 10.1 Å². The van der Waals surface area contributed by atoms with E-state index in [0.29, 0.717) is 0 Å². The summed E-state index contributed by atoms with van der Waals surface area (Å²) in [4.78, 5) is 1.40. The molecule has 0 saturated carbocycles. The maximum Gasteiger partial charge on any atom is 0.0348 e. The molecular weight excluding hydrogens is 176 g/mol. The van der Waals surface area contributed by atoms with Crippen LogP contribution in [-0.2, 0) is 6.42 Å². The van der Waals surface area contributed by atoms with Gasteiger partial charge < -0.3 is 0 Å². The van der Waals surface area contributed by atoms with Gasteiger partial charge in [0.15, 0.2) is 0 Å². The van der Waals surface area contributed by atoms with Gasteiger partial charge in [-0.1, -0.05) is 18.2 Å². The Morgan fingerprint density at radius 3 is 3.00 bits per heavy atom. The third-order valence-electron chi connectivity index (χ3n) is 2.07. The van der Waals surface area contributed by atoms with Crippen molar-refractivity contribution in [1.82, 2.24) is 0 Å². The molecule has 0 unspecified atom stereocenters. The first-order valence-corrected chi connectivity index (χ1v) is 5.21. The molecule has 1 aromatic heterocycles. The minimum absolute atomic E-state index is 0.985. The van der Waals surface area contributed by atoms with Crippen LogP contribution in [-0.4, -0.2) is 0 Å². The standard InChI is InChI=1S/C12H12S/c1-3-4-11-8-10-6-5-9(2)7-12(10)13-11/h3,5-8H,1,4H2,2H3. The maximum atomic E-state index is 3.75. The summed E-state index contributed by atoms with van der Waals surface area (Å²) in [6, 6.07) is 8.84. The Bertz CT molecular complexity index is 437. The third-order valence-corrected chi connectivity index (χ3v) is 3.19. The molecule has 2 aromatic rings. The molecule has 1 heterocycles. The molecule has 0 aliphatic carbocycles. The minimum atomic E-state index is 0.985. The van der Waals surface area contributed by atoms with Crippen LogP contribution in [0.2, 0.25) is 0 Å². The fourth-order valence-electron chi connectivity index (χ4n) is 1.44. The highest BCUT2D eigenvalue weighted by molar-refractivity contribution is 7.19. The van der Waals surface area contributed by atoms with E-state index >= 15 is 0 Å². The number of benzene rings is 1. The molecule has 0 fully saturated rings. The number of thiophene rings is 1. The first-order valence-electron chi connectivity index (χ1n) is 4.39. The molecule has 0 saturated heterocycles. The Labute approximate surface area is 82.5 Å². The van der Waals surface area contributed by atoms with Crippen molar-refractivity contribution in [2.24, 2.45) is 0 Å². The molecule has 0 nitrogen and oxygen atoms in total. The number of allylic oxidation sites excluding steroid dienone is 1. The van der Waals surface area contributed by atoms with E-state index in [9.17, 15) is 0 Å². The van der Waals surface area contributed by atoms with E-state index in [4.69, 9.17) is 0 Å². The van der Waals surface area contributed by atoms with Gasteiger partial charge in [-0.2, -0.15) is 0 Å². The van der Waals surface area contributed by atoms with Crippen LogP contribution in [0.5, 0.6) is 0 Å². The van der Waals surface area contributed by atoms with Crippen LogP contribution in [0, 0.1) is 6.92 Å². The van der Waals surface area contributed by atoms with E-state index in [1.807, 2.05) is 17.4 Å². The normalized spacial score (nSPS) is 10.5. The second kappa shape index (κ2) is 3.35. The van der Waals surface area contributed by atoms with Crippen LogP contribution < -0.4 is 0 Å². The van der Waals surface area contributed by atoms with Gasteiger partial charge in [-0.05, 0) is 36.4 Å². The number of rotatable bonds is 2. The predicted octanol–water partition coefficient (Wildman–Crippen LogP) is 3.94. The number of hydrogen-bond acceptors (Lipinski definition) is 1. The van der Waals surface area contributed by atoms with Gasteiger partial charge in [0.05, 0.1) is 0 Å². The van der Waals surface area contributed by atoms with Crippen molar-refractivity contribution in [3.05, 3.63) is 47.4 Å². The Balaban J connectivity index is 2.55. The van der Waals surface area contributed by atoms with Gasteiger partial charge in [0.25, 0.3) is 0 Å². The fourth-order valence-corrected chi connectivity index (χ4v) is 2.60. The summed E-state index contributed by atoms with van der Waals surface area (Å²) in [5, 5.41) is 1.35. The fraction of sp³-hybridized carbons (Fsp3) is 0.167. The van der Waals surface area contributed by atoms with Gasteiger partial charge in [0.1, 0.15) is 0 Å². The molecule has 0 N–H and O–H groups in total. The molecule has 1 heteroatoms. The molecule has 0 bridgehead atoms. The van der Waals surface area contributed by atoms with Gasteiger partial charge in [0.2, 0.25) is 0 Å². The van der Waals surface area contributed by atoms with E-state index in [-0.39, 0.29) is 0 Å². The van der Waals surface area contributed by atoms with Crippen molar-refractivity contribution < 1.29 is 0 Å². The van der Waals surface area contributed by atoms with Gasteiger partial charge in [0, 0.05) is 9.58 Å². The summed E-state index contributed by atoms with van der Waals surface area (Å²) in [5.74, 6) is 0. The predicted molar refractivity (Wildman–Crippen MR) is 60.5 cm³/mol. The highest BCUT2D eigenvalue weighted by Crippen LogP contribution is 2.26. The van der Waals surface area contributed by atoms with E-state index in [1.165, 1.54) is 20.5 Å². The van der Waals surface area contributed by atoms with Crippen LogP contribution in [0.4, 0.5) is 0 Å². The topological polar surface area (TPSA) is 0 Å². The second-order valence-electron chi connectivity index (χ2n) is 3.25. The molecule has 1 aromatic carbocycles. The molecule has 0 aliphatic heterocycles. The second-order valence-corrected chi connectivity index (χ2v) is 4.42. The highest BCUT2D eigenvalue weighted by Gasteiger charge is 1.99. The summed E-state index contributed by atoms with van der Waals surface area (Å²) in [6.45, 7) is 5.88. The number of fused-ring (bicyclic) bond motifs is 1. The zero-order chi connectivity index (χ0) is 9.26. The van der Waals surface area contributed by atoms with E-state index in [0.717, 1.165) is 6.42 Å². The average Bonchev–Trinajstić information content (AvgIpc) is 2.46. The van der Waals surface area contributed by atoms with E-state index in [2.05, 4.69) is 37.8 Å². The molecule has 2 rings (SSSR count). The minimum Gasteiger partial charge on any atom is -0.140 e. The molecular formula is C12H12S. The lowest BCUT2D eigenvalue weighted by molar-refractivity contribution is 1.36. The monoisotopic (exact) mass is 188 g/mol. The first kappa shape index (κ1) is 8.52. The summed E-state index contributed by atoms with van der Waals surface area (Å²) in [6.07, 6.45) is 2.94. The van der Waals surface area contributed by atoms with Crippen molar-refractivity contribution in [3.8, 4) is 0 Å². The molecule has 66 valence electrons. The average molecular weight is 188 g/mol. The van der Waals surface area contributed by atoms with Crippen LogP contribution in [0.3, 0.4) is 0 Å². The molecule has 13 heavy (non-hydrogen) atoms. The smallest absolute Gasteiger partial charge is 0.0348 e. The quantitative estimate of drug-likeness (QED) is 0.626. The summed E-state index contributed by atoms with van der Waals surface area (Å²) >= 11 is 1.86. The van der Waals surface area contributed by atoms with Gasteiger partial charge in [-0.3, -0.25) is 0 Å². The highest BCUT2D eigenvalue weighted by atomic mass is 32.1. The third kappa shape index (κ3) is 1.65. The van der Waals surface area contributed by atoms with Crippen molar-refractivity contribution in [1.29, 1.82) is 0 Å². The lowest BCUT2D eigenvalue weighted by Gasteiger charge is -1.89. The lowest BCUT2D eigenvalue weighted by atomic mass is 10.2. The molecule has 0 amide bonds. The number of hydrogen-bond donors (Lipinski definition) is 0. The lowest BCUT2D eigenvalue weighted by Crippen LogP contribution is -1.68. The molecule has 0 atom stereocenters. The molecule has 0 spiro atoms. The SMILES string of the molecule is C=CCc1cc2ccc(C)cc2s1. The number of aryl methyl sites for hydroxylation is 1. The molecule has 0 aliphatic rings. The van der Waals surface area contributed by atoms with Crippen molar-refractivity contribution in [2.45, 2.75) is 13.3 Å². The van der Waals surface area contributed by atoms with Crippen molar-refractivity contribution in [2.75, 3.05) is 0 Å².